The van der Waals surface area contributed by atoms with E-state index in [0.717, 1.165) is 15.3 Å². The predicted octanol–water partition coefficient (Wildman–Crippen LogP) is 4.33. The Labute approximate surface area is 164 Å². The van der Waals surface area contributed by atoms with E-state index in [4.69, 9.17) is 4.74 Å². The van der Waals surface area contributed by atoms with Crippen molar-refractivity contribution in [2.24, 2.45) is 0 Å². The van der Waals surface area contributed by atoms with Gasteiger partial charge in [0.05, 0.1) is 12.5 Å². The molecule has 1 N–H and O–H groups in total. The highest BCUT2D eigenvalue weighted by Gasteiger charge is 2.19. The maximum absolute atomic E-state index is 13.2. The van der Waals surface area contributed by atoms with Gasteiger partial charge in [0.2, 0.25) is 0 Å². The van der Waals surface area contributed by atoms with Crippen molar-refractivity contribution in [3.63, 3.8) is 0 Å². The van der Waals surface area contributed by atoms with Gasteiger partial charge in [-0.1, -0.05) is 24.3 Å². The van der Waals surface area contributed by atoms with Crippen molar-refractivity contribution < 1.29 is 18.7 Å². The van der Waals surface area contributed by atoms with Crippen LogP contribution >= 0.6 is 22.7 Å². The van der Waals surface area contributed by atoms with Gasteiger partial charge in [0.25, 0.3) is 5.91 Å². The van der Waals surface area contributed by atoms with E-state index < -0.39 is 17.9 Å². The first-order valence-electron chi connectivity index (χ1n) is 8.38. The van der Waals surface area contributed by atoms with Crippen molar-refractivity contribution in [1.82, 2.24) is 5.32 Å². The number of aryl methyl sites for hydroxylation is 1. The van der Waals surface area contributed by atoms with Gasteiger partial charge in [-0.25, -0.2) is 4.39 Å². The number of carbonyl (C=O) groups excluding carboxylic acids is 2. The third-order valence-corrected chi connectivity index (χ3v) is 5.73. The first-order chi connectivity index (χ1) is 13.1. The van der Waals surface area contributed by atoms with Crippen LogP contribution in [0.3, 0.4) is 0 Å². The predicted molar refractivity (Wildman–Crippen MR) is 104 cm³/mol. The zero-order valence-corrected chi connectivity index (χ0v) is 16.0. The Morgan fingerprint density at radius 3 is 2.44 bits per heavy atom. The second-order valence-corrected chi connectivity index (χ2v) is 7.82. The van der Waals surface area contributed by atoms with E-state index in [0.29, 0.717) is 6.42 Å². The number of rotatable bonds is 8. The molecule has 1 atom stereocenters. The molecule has 2 aromatic heterocycles. The number of carbonyl (C=O) groups is 2. The van der Waals surface area contributed by atoms with Crippen molar-refractivity contribution in [3.8, 4) is 0 Å². The molecule has 2 heterocycles. The number of esters is 1. The molecule has 27 heavy (non-hydrogen) atoms. The fraction of sp³-hybridized carbons (Fsp3) is 0.200. The molecule has 0 aliphatic rings. The number of benzene rings is 1. The lowest BCUT2D eigenvalue weighted by atomic mass is 10.1. The molecule has 7 heteroatoms. The molecule has 0 bridgehead atoms. The van der Waals surface area contributed by atoms with Crippen molar-refractivity contribution in [1.29, 1.82) is 0 Å². The van der Waals surface area contributed by atoms with Crippen molar-refractivity contribution in [2.75, 3.05) is 6.61 Å². The lowest BCUT2D eigenvalue weighted by molar-refractivity contribution is -0.148. The molecule has 0 aliphatic carbocycles. The molecule has 0 saturated carbocycles. The summed E-state index contributed by atoms with van der Waals surface area (Å²) in [6, 6.07) is 13.2. The lowest BCUT2D eigenvalue weighted by Gasteiger charge is -2.18. The van der Waals surface area contributed by atoms with E-state index in [9.17, 15) is 14.0 Å². The Morgan fingerprint density at radius 1 is 1.04 bits per heavy atom. The summed E-state index contributed by atoms with van der Waals surface area (Å²) in [5.74, 6) is -1.15. The average Bonchev–Trinajstić information content (AvgIpc) is 3.37. The highest BCUT2D eigenvalue weighted by atomic mass is 32.1. The second kappa shape index (κ2) is 9.43. The molecule has 0 radical (unpaired) electrons. The third-order valence-electron chi connectivity index (χ3n) is 3.86. The van der Waals surface area contributed by atoms with E-state index in [1.165, 1.54) is 23.5 Å². The van der Waals surface area contributed by atoms with E-state index >= 15 is 0 Å². The van der Waals surface area contributed by atoms with Crippen LogP contribution in [0.4, 0.5) is 4.39 Å². The Kier molecular flexibility index (Phi) is 6.73. The fourth-order valence-corrected chi connectivity index (χ4v) is 4.04. The zero-order valence-electron chi connectivity index (χ0n) is 14.4. The summed E-state index contributed by atoms with van der Waals surface area (Å²) in [7, 11) is 0. The molecule has 3 rings (SSSR count). The van der Waals surface area contributed by atoms with Gasteiger partial charge in [0.1, 0.15) is 5.82 Å². The van der Waals surface area contributed by atoms with E-state index in [2.05, 4.69) is 5.32 Å². The molecule has 140 valence electrons. The summed E-state index contributed by atoms with van der Waals surface area (Å²) in [6.07, 6.45) is 0.839. The van der Waals surface area contributed by atoms with Crippen LogP contribution in [0, 0.1) is 5.82 Å². The topological polar surface area (TPSA) is 55.4 Å². The number of ether oxygens (including phenoxy) is 1. The Balaban J connectivity index is 1.54. The monoisotopic (exact) mass is 403 g/mol. The molecule has 3 aromatic rings. The number of thiophene rings is 2. The van der Waals surface area contributed by atoms with E-state index in [1.807, 2.05) is 35.0 Å². The Bertz CT molecular complexity index is 861. The molecule has 0 spiro atoms. The largest absolute Gasteiger partial charge is 0.456 e. The van der Waals surface area contributed by atoms with Crippen molar-refractivity contribution in [3.05, 3.63) is 80.4 Å². The average molecular weight is 404 g/mol. The van der Waals surface area contributed by atoms with Crippen LogP contribution in [-0.2, 0) is 20.7 Å². The van der Waals surface area contributed by atoms with E-state index in [1.54, 1.807) is 23.5 Å². The SMILES string of the molecule is O=C(COC(=O)CCc1cccs1)N[C@H](c1ccc(F)cc1)c1cccs1. The molecule has 0 saturated heterocycles. The van der Waals surface area contributed by atoms with Crippen LogP contribution in [-0.4, -0.2) is 18.5 Å². The molecular weight excluding hydrogens is 385 g/mol. The smallest absolute Gasteiger partial charge is 0.306 e. The van der Waals surface area contributed by atoms with Crippen LogP contribution in [0.5, 0.6) is 0 Å². The van der Waals surface area contributed by atoms with Crippen LogP contribution in [0.25, 0.3) is 0 Å². The van der Waals surface area contributed by atoms with Gasteiger partial charge in [0, 0.05) is 9.75 Å². The summed E-state index contributed by atoms with van der Waals surface area (Å²) in [6.45, 7) is -0.341. The molecule has 0 unspecified atom stereocenters. The van der Waals surface area contributed by atoms with Gasteiger partial charge < -0.3 is 10.1 Å². The summed E-state index contributed by atoms with van der Waals surface area (Å²) in [4.78, 5) is 26.1. The van der Waals surface area contributed by atoms with E-state index in [-0.39, 0.29) is 18.8 Å². The minimum atomic E-state index is -0.414. The number of halogens is 1. The maximum atomic E-state index is 13.2. The molecule has 0 aliphatic heterocycles. The van der Waals surface area contributed by atoms with Gasteiger partial charge >= 0.3 is 5.97 Å². The lowest BCUT2D eigenvalue weighted by Crippen LogP contribution is -2.32. The van der Waals surface area contributed by atoms with Gasteiger partial charge in [-0.3, -0.25) is 9.59 Å². The third kappa shape index (κ3) is 5.74. The number of nitrogens with one attached hydrogen (secondary N) is 1. The maximum Gasteiger partial charge on any atom is 0.306 e. The van der Waals surface area contributed by atoms with Crippen LogP contribution < -0.4 is 5.32 Å². The Hall–Kier alpha value is -2.51. The van der Waals surface area contributed by atoms with Crippen molar-refractivity contribution in [2.45, 2.75) is 18.9 Å². The van der Waals surface area contributed by atoms with Gasteiger partial charge in [0.15, 0.2) is 6.61 Å². The summed E-state index contributed by atoms with van der Waals surface area (Å²) < 4.78 is 18.3. The minimum absolute atomic E-state index is 0.236. The van der Waals surface area contributed by atoms with Crippen LogP contribution in [0.1, 0.15) is 27.8 Å². The molecule has 1 aromatic carbocycles. The first-order valence-corrected chi connectivity index (χ1v) is 10.1. The normalized spacial score (nSPS) is 11.7. The number of amides is 1. The van der Waals surface area contributed by atoms with Crippen molar-refractivity contribution >= 4 is 34.6 Å². The zero-order chi connectivity index (χ0) is 19.1. The number of hydrogen-bond donors (Lipinski definition) is 1. The van der Waals surface area contributed by atoms with Gasteiger partial charge in [-0.2, -0.15) is 0 Å². The quantitative estimate of drug-likeness (QED) is 0.570. The summed E-state index contributed by atoms with van der Waals surface area (Å²) in [5.41, 5.74) is 0.760. The molecular formula is C20H18FNO3S2. The van der Waals surface area contributed by atoms with Crippen LogP contribution in [0.15, 0.2) is 59.3 Å². The summed E-state index contributed by atoms with van der Waals surface area (Å²) in [5, 5.41) is 6.71. The highest BCUT2D eigenvalue weighted by molar-refractivity contribution is 7.10. The molecule has 0 fully saturated rings. The molecule has 1 amide bonds. The minimum Gasteiger partial charge on any atom is -0.456 e. The van der Waals surface area contributed by atoms with Gasteiger partial charge in [-0.05, 0) is 47.0 Å². The molecule has 4 nitrogen and oxygen atoms in total. The Morgan fingerprint density at radius 2 is 1.78 bits per heavy atom. The highest BCUT2D eigenvalue weighted by Crippen LogP contribution is 2.26. The second-order valence-electron chi connectivity index (χ2n) is 5.81. The first kappa shape index (κ1) is 19.3. The van der Waals surface area contributed by atoms with Crippen LogP contribution in [0.2, 0.25) is 0 Å². The van der Waals surface area contributed by atoms with Gasteiger partial charge in [-0.15, -0.1) is 22.7 Å². The fourth-order valence-electron chi connectivity index (χ4n) is 2.53. The standard InChI is InChI=1S/C20H18FNO3S2/c21-15-7-5-14(6-8-15)20(17-4-2-12-27-17)22-18(23)13-25-19(24)10-9-16-3-1-11-26-16/h1-8,11-12,20H,9-10,13H2,(H,22,23)/t20-/m1/s1. The summed E-state index contributed by atoms with van der Waals surface area (Å²) >= 11 is 3.07. The number of hydrogen-bond acceptors (Lipinski definition) is 5.